The van der Waals surface area contributed by atoms with Crippen LogP contribution in [0.5, 0.6) is 0 Å². The Morgan fingerprint density at radius 2 is 2.00 bits per heavy atom. The van der Waals surface area contributed by atoms with Crippen molar-refractivity contribution in [3.8, 4) is 6.07 Å². The van der Waals surface area contributed by atoms with E-state index >= 15 is 0 Å². The first kappa shape index (κ1) is 21.4. The number of hydrogen-bond acceptors (Lipinski definition) is 6. The Labute approximate surface area is 171 Å². The number of halogens is 1. The van der Waals surface area contributed by atoms with Gasteiger partial charge in [0.05, 0.1) is 27.9 Å². The first-order valence-corrected chi connectivity index (χ1v) is 8.61. The van der Waals surface area contributed by atoms with Crippen molar-refractivity contribution in [2.24, 2.45) is 5.73 Å². The second-order valence-corrected chi connectivity index (χ2v) is 6.19. The molecule has 0 saturated carbocycles. The Morgan fingerprint density at radius 3 is 2.59 bits per heavy atom. The number of anilines is 2. The maximum atomic E-state index is 12.8. The average Bonchev–Trinajstić information content (AvgIpc) is 2.69. The van der Waals surface area contributed by atoms with Gasteiger partial charge >= 0.3 is 0 Å². The van der Waals surface area contributed by atoms with Gasteiger partial charge in [0.2, 0.25) is 5.91 Å². The number of hydrogen-bond donors (Lipinski definition) is 4. The van der Waals surface area contributed by atoms with E-state index < -0.39 is 17.7 Å². The van der Waals surface area contributed by atoms with Gasteiger partial charge in [-0.1, -0.05) is 11.6 Å². The van der Waals surface area contributed by atoms with Crippen LogP contribution in [-0.4, -0.2) is 29.8 Å². The summed E-state index contributed by atoms with van der Waals surface area (Å²) in [6, 6.07) is 7.97. The number of carbonyl (C=O) groups excluding carboxylic acids is 3. The van der Waals surface area contributed by atoms with Crippen molar-refractivity contribution in [3.05, 3.63) is 63.9 Å². The van der Waals surface area contributed by atoms with Crippen molar-refractivity contribution in [2.75, 3.05) is 17.7 Å². The summed E-state index contributed by atoms with van der Waals surface area (Å²) >= 11 is 6.03. The molecule has 2 aromatic rings. The van der Waals surface area contributed by atoms with Crippen LogP contribution in [0.4, 0.5) is 11.5 Å². The molecule has 0 fully saturated rings. The molecular formula is C19H17ClN6O3. The average molecular weight is 413 g/mol. The highest BCUT2D eigenvalue weighted by molar-refractivity contribution is 6.33. The van der Waals surface area contributed by atoms with Gasteiger partial charge in [0.1, 0.15) is 11.5 Å². The topological polar surface area (TPSA) is 150 Å². The minimum Gasteiger partial charge on any atom is -0.366 e. The van der Waals surface area contributed by atoms with Gasteiger partial charge in [0.15, 0.2) is 0 Å². The third-order valence-corrected chi connectivity index (χ3v) is 4.02. The van der Waals surface area contributed by atoms with E-state index in [2.05, 4.69) is 20.9 Å². The summed E-state index contributed by atoms with van der Waals surface area (Å²) in [5.41, 5.74) is 5.96. The van der Waals surface area contributed by atoms with E-state index in [9.17, 15) is 14.4 Å². The van der Waals surface area contributed by atoms with Crippen LogP contribution in [0.15, 0.2) is 42.2 Å². The van der Waals surface area contributed by atoms with E-state index in [0.29, 0.717) is 5.56 Å². The number of benzene rings is 1. The van der Waals surface area contributed by atoms with Crippen LogP contribution in [0.25, 0.3) is 0 Å². The zero-order valence-electron chi connectivity index (χ0n) is 15.5. The molecule has 0 bridgehead atoms. The molecule has 0 spiro atoms. The van der Waals surface area contributed by atoms with Crippen molar-refractivity contribution in [1.82, 2.24) is 10.3 Å². The summed E-state index contributed by atoms with van der Waals surface area (Å²) in [5.74, 6) is -2.00. The molecule has 0 aliphatic carbocycles. The van der Waals surface area contributed by atoms with Gasteiger partial charge in [-0.25, -0.2) is 4.98 Å². The van der Waals surface area contributed by atoms with Crippen LogP contribution >= 0.6 is 11.6 Å². The molecule has 0 aliphatic rings. The molecule has 0 atom stereocenters. The van der Waals surface area contributed by atoms with E-state index in [1.54, 1.807) is 19.1 Å². The Kier molecular flexibility index (Phi) is 6.89. The maximum Gasteiger partial charge on any atom is 0.272 e. The summed E-state index contributed by atoms with van der Waals surface area (Å²) in [6.45, 7) is 1.63. The number of nitrogens with one attached hydrogen (secondary N) is 3. The number of pyridine rings is 1. The number of aryl methyl sites for hydroxylation is 1. The fourth-order valence-corrected chi connectivity index (χ4v) is 2.59. The van der Waals surface area contributed by atoms with Crippen molar-refractivity contribution in [1.29, 1.82) is 5.26 Å². The lowest BCUT2D eigenvalue weighted by Crippen LogP contribution is -2.26. The molecule has 0 radical (unpaired) electrons. The summed E-state index contributed by atoms with van der Waals surface area (Å²) in [5, 5.41) is 17.0. The number of amides is 3. The van der Waals surface area contributed by atoms with Crippen LogP contribution in [-0.2, 0) is 9.59 Å². The molecule has 5 N–H and O–H groups in total. The van der Waals surface area contributed by atoms with Gasteiger partial charge in [-0.3, -0.25) is 14.4 Å². The van der Waals surface area contributed by atoms with Crippen molar-refractivity contribution in [2.45, 2.75) is 6.92 Å². The Morgan fingerprint density at radius 1 is 1.28 bits per heavy atom. The summed E-state index contributed by atoms with van der Waals surface area (Å²) in [4.78, 5) is 40.4. The molecule has 29 heavy (non-hydrogen) atoms. The second-order valence-electron chi connectivity index (χ2n) is 5.78. The Bertz CT molecular complexity index is 1060. The number of primary amides is 1. The molecule has 9 nitrogen and oxygen atoms in total. The van der Waals surface area contributed by atoms with Crippen LogP contribution in [0.1, 0.15) is 21.5 Å². The quantitative estimate of drug-likeness (QED) is 0.530. The van der Waals surface area contributed by atoms with Gasteiger partial charge in [-0.15, -0.1) is 0 Å². The van der Waals surface area contributed by atoms with Crippen molar-refractivity contribution >= 4 is 40.8 Å². The van der Waals surface area contributed by atoms with Gasteiger partial charge in [-0.05, 0) is 36.8 Å². The van der Waals surface area contributed by atoms with E-state index in [1.165, 1.54) is 25.4 Å². The number of aromatic nitrogens is 1. The third kappa shape index (κ3) is 5.31. The SMILES string of the molecule is CNC(=O)c1cc(C#N)cc(C)c1NC(=O)/C(=C/C(N)=O)Nc1ncccc1Cl. The van der Waals surface area contributed by atoms with Crippen molar-refractivity contribution in [3.63, 3.8) is 0 Å². The van der Waals surface area contributed by atoms with Gasteiger partial charge in [0, 0.05) is 19.3 Å². The van der Waals surface area contributed by atoms with Crippen LogP contribution in [0.2, 0.25) is 5.02 Å². The third-order valence-electron chi connectivity index (χ3n) is 3.72. The first-order chi connectivity index (χ1) is 13.8. The fourth-order valence-electron chi connectivity index (χ4n) is 2.42. The molecule has 1 heterocycles. The standard InChI is InChI=1S/C19H17ClN6O3/c1-10-6-11(9-21)7-12(18(28)23-2)16(10)26-19(29)14(8-15(22)27)25-17-13(20)4-3-5-24-17/h3-8H,1-2H3,(H2,22,27)(H,23,28)(H,24,25)(H,26,29)/b14-8-. The van der Waals surface area contributed by atoms with E-state index in [1.807, 2.05) is 6.07 Å². The largest absolute Gasteiger partial charge is 0.366 e. The van der Waals surface area contributed by atoms with Gasteiger partial charge in [0.25, 0.3) is 11.8 Å². The normalized spacial score (nSPS) is 10.6. The number of nitrogens with two attached hydrogens (primary N) is 1. The van der Waals surface area contributed by atoms with E-state index in [-0.39, 0.29) is 33.4 Å². The van der Waals surface area contributed by atoms with Crippen LogP contribution in [0, 0.1) is 18.3 Å². The smallest absolute Gasteiger partial charge is 0.272 e. The number of rotatable bonds is 6. The maximum absolute atomic E-state index is 12.8. The molecule has 0 unspecified atom stereocenters. The van der Waals surface area contributed by atoms with E-state index in [4.69, 9.17) is 22.6 Å². The fraction of sp³-hybridized carbons (Fsp3) is 0.105. The molecule has 3 amide bonds. The summed E-state index contributed by atoms with van der Waals surface area (Å²) in [7, 11) is 1.42. The minimum atomic E-state index is -0.877. The lowest BCUT2D eigenvalue weighted by atomic mass is 10.0. The summed E-state index contributed by atoms with van der Waals surface area (Å²) < 4.78 is 0. The predicted octanol–water partition coefficient (Wildman–Crippen LogP) is 1.69. The highest BCUT2D eigenvalue weighted by atomic mass is 35.5. The molecular weight excluding hydrogens is 396 g/mol. The lowest BCUT2D eigenvalue weighted by molar-refractivity contribution is -0.115. The van der Waals surface area contributed by atoms with Gasteiger partial charge < -0.3 is 21.7 Å². The second kappa shape index (κ2) is 9.34. The highest BCUT2D eigenvalue weighted by Gasteiger charge is 2.20. The number of nitriles is 1. The Hall–Kier alpha value is -3.90. The molecule has 1 aromatic carbocycles. The highest BCUT2D eigenvalue weighted by Crippen LogP contribution is 2.25. The zero-order valence-corrected chi connectivity index (χ0v) is 16.3. The minimum absolute atomic E-state index is 0.0895. The van der Waals surface area contributed by atoms with Crippen LogP contribution in [0.3, 0.4) is 0 Å². The molecule has 1 aromatic heterocycles. The lowest BCUT2D eigenvalue weighted by Gasteiger charge is -2.16. The zero-order chi connectivity index (χ0) is 21.6. The number of carbonyl (C=O) groups is 3. The summed E-state index contributed by atoms with van der Waals surface area (Å²) in [6.07, 6.45) is 2.32. The first-order valence-electron chi connectivity index (χ1n) is 8.23. The number of nitrogens with zero attached hydrogens (tertiary/aromatic N) is 2. The molecule has 10 heteroatoms. The molecule has 2 rings (SSSR count). The molecule has 0 saturated heterocycles. The molecule has 148 valence electrons. The van der Waals surface area contributed by atoms with Crippen LogP contribution < -0.4 is 21.7 Å². The van der Waals surface area contributed by atoms with Crippen molar-refractivity contribution < 1.29 is 14.4 Å². The molecule has 0 aliphatic heterocycles. The monoisotopic (exact) mass is 412 g/mol. The van der Waals surface area contributed by atoms with Gasteiger partial charge in [-0.2, -0.15) is 5.26 Å². The van der Waals surface area contributed by atoms with E-state index in [0.717, 1.165) is 6.08 Å². The predicted molar refractivity (Wildman–Crippen MR) is 108 cm³/mol. The Balaban J connectivity index is 2.44.